The van der Waals surface area contributed by atoms with Crippen LogP contribution in [0.2, 0.25) is 5.02 Å². The summed E-state index contributed by atoms with van der Waals surface area (Å²) in [5.74, 6) is -0.764. The number of carboxylic acids is 1. The van der Waals surface area contributed by atoms with E-state index in [0.29, 0.717) is 18.0 Å². The van der Waals surface area contributed by atoms with Gasteiger partial charge in [-0.15, -0.1) is 0 Å². The molecule has 1 unspecified atom stereocenters. The van der Waals surface area contributed by atoms with E-state index in [4.69, 9.17) is 11.6 Å². The quantitative estimate of drug-likeness (QED) is 0.922. The molecule has 0 spiro atoms. The number of nitrogens with zero attached hydrogens (tertiary/aromatic N) is 3. The van der Waals surface area contributed by atoms with Gasteiger partial charge in [0.25, 0.3) is 0 Å². The van der Waals surface area contributed by atoms with Crippen molar-refractivity contribution in [2.24, 2.45) is 0 Å². The number of aryl methyl sites for hydroxylation is 2. The fraction of sp³-hybridized carbons (Fsp3) is 0.692. The first-order chi connectivity index (χ1) is 8.90. The van der Waals surface area contributed by atoms with Gasteiger partial charge in [0, 0.05) is 13.1 Å². The zero-order valence-corrected chi connectivity index (χ0v) is 12.4. The molecule has 1 aromatic rings. The maximum absolute atomic E-state index is 11.5. The number of halogens is 1. The number of rotatable bonds is 4. The van der Waals surface area contributed by atoms with Crippen molar-refractivity contribution in [3.63, 3.8) is 0 Å². The predicted molar refractivity (Wildman–Crippen MR) is 73.3 cm³/mol. The van der Waals surface area contributed by atoms with Crippen molar-refractivity contribution in [1.82, 2.24) is 14.7 Å². The van der Waals surface area contributed by atoms with E-state index in [1.165, 1.54) is 0 Å². The molecule has 1 fully saturated rings. The van der Waals surface area contributed by atoms with Crippen LogP contribution >= 0.6 is 11.6 Å². The Balaban J connectivity index is 2.29. The van der Waals surface area contributed by atoms with Crippen molar-refractivity contribution >= 4 is 17.6 Å². The largest absolute Gasteiger partial charge is 0.480 e. The lowest BCUT2D eigenvalue weighted by molar-refractivity contribution is -0.149. The zero-order valence-electron chi connectivity index (χ0n) is 11.6. The van der Waals surface area contributed by atoms with Crippen LogP contribution in [-0.4, -0.2) is 37.8 Å². The molecule has 0 aliphatic carbocycles. The number of likely N-dealkylation sites (tertiary alicyclic amines) is 1. The van der Waals surface area contributed by atoms with Gasteiger partial charge in [-0.05, 0) is 40.2 Å². The van der Waals surface area contributed by atoms with Crippen LogP contribution in [0.1, 0.15) is 38.1 Å². The Hall–Kier alpha value is -1.07. The van der Waals surface area contributed by atoms with Gasteiger partial charge >= 0.3 is 5.97 Å². The highest BCUT2D eigenvalue weighted by atomic mass is 35.5. The molecular formula is C13H20ClN3O2. The molecule has 6 heteroatoms. The number of aliphatic carboxylic acids is 1. The zero-order chi connectivity index (χ0) is 14.2. The normalized spacial score (nSPS) is 24.0. The van der Waals surface area contributed by atoms with Gasteiger partial charge in [-0.25, -0.2) is 0 Å². The summed E-state index contributed by atoms with van der Waals surface area (Å²) in [5, 5.41) is 14.5. The third-order valence-corrected chi connectivity index (χ3v) is 4.54. The van der Waals surface area contributed by atoms with Crippen molar-refractivity contribution in [2.45, 2.75) is 52.2 Å². The smallest absolute Gasteiger partial charge is 0.323 e. The predicted octanol–water partition coefficient (Wildman–Crippen LogP) is 2.30. The van der Waals surface area contributed by atoms with Crippen LogP contribution < -0.4 is 0 Å². The highest BCUT2D eigenvalue weighted by Gasteiger charge is 2.43. The standard InChI is InChI=1S/C13H20ClN3O2/c1-4-17-10(11(14)9(2)15-17)8-16-7-5-6-13(16,3)12(18)19/h4-8H2,1-3H3,(H,18,19). The molecule has 1 saturated heterocycles. The van der Waals surface area contributed by atoms with Crippen molar-refractivity contribution in [1.29, 1.82) is 0 Å². The van der Waals surface area contributed by atoms with Crippen LogP contribution in [0.5, 0.6) is 0 Å². The summed E-state index contributed by atoms with van der Waals surface area (Å²) in [5.41, 5.74) is 0.922. The second-order valence-corrected chi connectivity index (χ2v) is 5.64. The monoisotopic (exact) mass is 285 g/mol. The lowest BCUT2D eigenvalue weighted by Crippen LogP contribution is -2.47. The Morgan fingerprint density at radius 2 is 2.26 bits per heavy atom. The maximum Gasteiger partial charge on any atom is 0.323 e. The summed E-state index contributed by atoms with van der Waals surface area (Å²) in [7, 11) is 0. The molecule has 0 amide bonds. The van der Waals surface area contributed by atoms with Crippen molar-refractivity contribution in [2.75, 3.05) is 6.54 Å². The van der Waals surface area contributed by atoms with Crippen LogP contribution in [0.15, 0.2) is 0 Å². The van der Waals surface area contributed by atoms with Crippen molar-refractivity contribution < 1.29 is 9.90 Å². The summed E-state index contributed by atoms with van der Waals surface area (Å²) in [6, 6.07) is 0. The molecule has 1 N–H and O–H groups in total. The van der Waals surface area contributed by atoms with E-state index in [9.17, 15) is 9.90 Å². The molecule has 0 aromatic carbocycles. The number of hydrogen-bond acceptors (Lipinski definition) is 3. The van der Waals surface area contributed by atoms with E-state index in [1.54, 1.807) is 6.92 Å². The van der Waals surface area contributed by atoms with Gasteiger partial charge in [-0.2, -0.15) is 5.10 Å². The van der Waals surface area contributed by atoms with Crippen LogP contribution in [0.3, 0.4) is 0 Å². The third-order valence-electron chi connectivity index (χ3n) is 4.04. The fourth-order valence-electron chi connectivity index (χ4n) is 2.72. The van der Waals surface area contributed by atoms with E-state index < -0.39 is 11.5 Å². The molecule has 1 aromatic heterocycles. The van der Waals surface area contributed by atoms with Crippen LogP contribution in [0.4, 0.5) is 0 Å². The third kappa shape index (κ3) is 2.37. The average molecular weight is 286 g/mol. The summed E-state index contributed by atoms with van der Waals surface area (Å²) < 4.78 is 1.86. The number of carboxylic acid groups (broad SMARTS) is 1. The molecule has 19 heavy (non-hydrogen) atoms. The van der Waals surface area contributed by atoms with Crippen LogP contribution in [0.25, 0.3) is 0 Å². The molecule has 0 radical (unpaired) electrons. The Kier molecular flexibility index (Phi) is 3.87. The first-order valence-corrected chi connectivity index (χ1v) is 6.98. The van der Waals surface area contributed by atoms with E-state index >= 15 is 0 Å². The number of aromatic nitrogens is 2. The Bertz CT molecular complexity index is 500. The molecule has 1 aliphatic heterocycles. The van der Waals surface area contributed by atoms with Gasteiger partial charge in [0.2, 0.25) is 0 Å². The van der Waals surface area contributed by atoms with Gasteiger partial charge in [0.1, 0.15) is 5.54 Å². The van der Waals surface area contributed by atoms with Gasteiger partial charge in [0.15, 0.2) is 0 Å². The summed E-state index contributed by atoms with van der Waals surface area (Å²) >= 11 is 6.29. The molecule has 0 saturated carbocycles. The van der Waals surface area contributed by atoms with Gasteiger partial charge in [-0.1, -0.05) is 11.6 Å². The van der Waals surface area contributed by atoms with Crippen molar-refractivity contribution in [3.8, 4) is 0 Å². The van der Waals surface area contributed by atoms with E-state index in [-0.39, 0.29) is 0 Å². The lowest BCUT2D eigenvalue weighted by atomic mass is 9.99. The fourth-order valence-corrected chi connectivity index (χ4v) is 2.91. The molecular weight excluding hydrogens is 266 g/mol. The Labute approximate surface area is 118 Å². The van der Waals surface area contributed by atoms with Gasteiger partial charge in [-0.3, -0.25) is 14.4 Å². The molecule has 1 atom stereocenters. The van der Waals surface area contributed by atoms with E-state index in [1.807, 2.05) is 23.4 Å². The second kappa shape index (κ2) is 5.13. The Morgan fingerprint density at radius 3 is 2.84 bits per heavy atom. The van der Waals surface area contributed by atoms with E-state index in [2.05, 4.69) is 5.10 Å². The minimum Gasteiger partial charge on any atom is -0.480 e. The molecule has 2 rings (SSSR count). The highest BCUT2D eigenvalue weighted by Crippen LogP contribution is 2.32. The highest BCUT2D eigenvalue weighted by molar-refractivity contribution is 6.31. The minimum absolute atomic E-state index is 0.538. The van der Waals surface area contributed by atoms with Crippen molar-refractivity contribution in [3.05, 3.63) is 16.4 Å². The average Bonchev–Trinajstić information content (AvgIpc) is 2.86. The SMILES string of the molecule is CCn1nc(C)c(Cl)c1CN1CCCC1(C)C(=O)O. The molecule has 2 heterocycles. The number of hydrogen-bond donors (Lipinski definition) is 1. The minimum atomic E-state index is -0.792. The topological polar surface area (TPSA) is 58.4 Å². The molecule has 5 nitrogen and oxygen atoms in total. The van der Waals surface area contributed by atoms with Gasteiger partial charge in [0.05, 0.1) is 16.4 Å². The number of carbonyl (C=O) groups is 1. The van der Waals surface area contributed by atoms with Crippen LogP contribution in [-0.2, 0) is 17.9 Å². The molecule has 106 valence electrons. The van der Waals surface area contributed by atoms with Crippen LogP contribution in [0, 0.1) is 6.92 Å². The lowest BCUT2D eigenvalue weighted by Gasteiger charge is -2.31. The first kappa shape index (κ1) is 14.3. The van der Waals surface area contributed by atoms with Gasteiger partial charge < -0.3 is 5.11 Å². The summed E-state index contributed by atoms with van der Waals surface area (Å²) in [6.45, 7) is 7.73. The summed E-state index contributed by atoms with van der Waals surface area (Å²) in [6.07, 6.45) is 1.58. The molecule has 1 aliphatic rings. The molecule has 0 bridgehead atoms. The van der Waals surface area contributed by atoms with E-state index in [0.717, 1.165) is 30.9 Å². The summed E-state index contributed by atoms with van der Waals surface area (Å²) in [4.78, 5) is 13.5. The Morgan fingerprint density at radius 1 is 1.58 bits per heavy atom. The first-order valence-electron chi connectivity index (χ1n) is 6.60. The maximum atomic E-state index is 11.5. The second-order valence-electron chi connectivity index (χ2n) is 5.27.